The number of anilines is 1. The van der Waals surface area contributed by atoms with E-state index in [-0.39, 0.29) is 12.3 Å². The molecule has 0 saturated carbocycles. The molecule has 0 spiro atoms. The van der Waals surface area contributed by atoms with Crippen molar-refractivity contribution in [3.8, 4) is 5.75 Å². The van der Waals surface area contributed by atoms with E-state index in [9.17, 15) is 9.90 Å². The van der Waals surface area contributed by atoms with E-state index in [4.69, 9.17) is 4.74 Å². The lowest BCUT2D eigenvalue weighted by atomic mass is 10.3. The molecular weight excluding hydrogens is 308 g/mol. The van der Waals surface area contributed by atoms with E-state index in [2.05, 4.69) is 10.6 Å². The summed E-state index contributed by atoms with van der Waals surface area (Å²) in [5, 5.41) is 16.3. The lowest BCUT2D eigenvalue weighted by Gasteiger charge is -2.14. The summed E-state index contributed by atoms with van der Waals surface area (Å²) in [6.45, 7) is 3.93. The van der Waals surface area contributed by atoms with Crippen LogP contribution in [0.3, 0.4) is 0 Å². The molecule has 1 aromatic carbocycles. The van der Waals surface area contributed by atoms with Crippen LogP contribution < -0.4 is 21.1 Å². The van der Waals surface area contributed by atoms with Crippen LogP contribution in [0.4, 0.5) is 5.82 Å². The number of aliphatic hydroxyl groups excluding tert-OH is 1. The minimum absolute atomic E-state index is 0.0450. The molecule has 0 aliphatic rings. The number of nitrogens with zero attached hydrogens (tertiary/aromatic N) is 2. The first kappa shape index (κ1) is 18.1. The van der Waals surface area contributed by atoms with Gasteiger partial charge in [-0.3, -0.25) is 9.13 Å². The van der Waals surface area contributed by atoms with Crippen molar-refractivity contribution in [1.29, 1.82) is 0 Å². The average Bonchev–Trinajstić information content (AvgIpc) is 2.78. The summed E-state index contributed by atoms with van der Waals surface area (Å²) < 4.78 is 8.70. The molecule has 132 valence electrons. The zero-order chi connectivity index (χ0) is 17.5. The van der Waals surface area contributed by atoms with Crippen molar-refractivity contribution >= 4 is 5.82 Å². The summed E-state index contributed by atoms with van der Waals surface area (Å²) >= 11 is 0. The lowest BCUT2D eigenvalue weighted by Crippen LogP contribution is -2.34. The maximum Gasteiger partial charge on any atom is 0.329 e. The Labute approximate surface area is 141 Å². The fourth-order valence-corrected chi connectivity index (χ4v) is 2.42. The monoisotopic (exact) mass is 334 g/mol. The second kappa shape index (κ2) is 8.56. The van der Waals surface area contributed by atoms with Crippen molar-refractivity contribution in [1.82, 2.24) is 14.5 Å². The largest absolute Gasteiger partial charge is 0.491 e. The number of hydrogen-bond donors (Lipinski definition) is 3. The van der Waals surface area contributed by atoms with E-state index < -0.39 is 6.10 Å². The standard InChI is InChI=1S/C17H26N4O3/c1-13-16(21(3)17(23)20(13)2)19-10-9-18-11-14(22)12-24-15-7-5-4-6-8-15/h4-8,14,18-19,22H,9-12H2,1-3H3. The van der Waals surface area contributed by atoms with Crippen LogP contribution >= 0.6 is 0 Å². The van der Waals surface area contributed by atoms with Crippen LogP contribution in [0, 0.1) is 6.92 Å². The van der Waals surface area contributed by atoms with E-state index in [1.807, 2.05) is 37.3 Å². The van der Waals surface area contributed by atoms with Gasteiger partial charge in [0.2, 0.25) is 0 Å². The van der Waals surface area contributed by atoms with Gasteiger partial charge in [0.25, 0.3) is 0 Å². The second-order valence-electron chi connectivity index (χ2n) is 5.74. The van der Waals surface area contributed by atoms with Gasteiger partial charge in [-0.2, -0.15) is 0 Å². The van der Waals surface area contributed by atoms with Gasteiger partial charge in [-0.25, -0.2) is 4.79 Å². The van der Waals surface area contributed by atoms with Crippen LogP contribution in [0.15, 0.2) is 35.1 Å². The third kappa shape index (κ3) is 4.62. The highest BCUT2D eigenvalue weighted by Gasteiger charge is 2.10. The number of aromatic nitrogens is 2. The Balaban J connectivity index is 1.64. The summed E-state index contributed by atoms with van der Waals surface area (Å²) in [7, 11) is 3.50. The van der Waals surface area contributed by atoms with E-state index in [0.717, 1.165) is 17.3 Å². The van der Waals surface area contributed by atoms with Gasteiger partial charge in [0.05, 0.1) is 5.69 Å². The molecule has 0 fully saturated rings. The minimum atomic E-state index is -0.576. The van der Waals surface area contributed by atoms with Gasteiger partial charge in [-0.1, -0.05) is 18.2 Å². The van der Waals surface area contributed by atoms with Gasteiger partial charge in [-0.05, 0) is 19.1 Å². The zero-order valence-electron chi connectivity index (χ0n) is 14.5. The molecule has 0 aliphatic heterocycles. The Morgan fingerprint density at radius 1 is 1.17 bits per heavy atom. The van der Waals surface area contributed by atoms with E-state index in [1.54, 1.807) is 23.2 Å². The molecule has 1 heterocycles. The van der Waals surface area contributed by atoms with Crippen molar-refractivity contribution in [3.05, 3.63) is 46.5 Å². The first-order valence-electron chi connectivity index (χ1n) is 8.03. The molecule has 7 nitrogen and oxygen atoms in total. The third-order valence-electron chi connectivity index (χ3n) is 3.91. The molecule has 2 rings (SSSR count). The van der Waals surface area contributed by atoms with Crippen LogP contribution in [-0.2, 0) is 14.1 Å². The SMILES string of the molecule is Cc1c(NCCNCC(O)COc2ccccc2)n(C)c(=O)n1C. The van der Waals surface area contributed by atoms with Crippen molar-refractivity contribution < 1.29 is 9.84 Å². The highest BCUT2D eigenvalue weighted by atomic mass is 16.5. The van der Waals surface area contributed by atoms with Crippen molar-refractivity contribution in [2.24, 2.45) is 14.1 Å². The van der Waals surface area contributed by atoms with Crippen LogP contribution in [0.2, 0.25) is 0 Å². The predicted molar refractivity (Wildman–Crippen MR) is 94.7 cm³/mol. The smallest absolute Gasteiger partial charge is 0.329 e. The number of aliphatic hydroxyl groups is 1. The van der Waals surface area contributed by atoms with Gasteiger partial charge in [0, 0.05) is 33.7 Å². The summed E-state index contributed by atoms with van der Waals surface area (Å²) in [6, 6.07) is 9.42. The molecular formula is C17H26N4O3. The maximum absolute atomic E-state index is 11.8. The Kier molecular flexibility index (Phi) is 6.45. The maximum atomic E-state index is 11.8. The molecule has 0 saturated heterocycles. The normalized spacial score (nSPS) is 12.2. The summed E-state index contributed by atoms with van der Waals surface area (Å²) in [5.41, 5.74) is 0.857. The van der Waals surface area contributed by atoms with E-state index >= 15 is 0 Å². The zero-order valence-corrected chi connectivity index (χ0v) is 14.5. The predicted octanol–water partition coefficient (Wildman–Crippen LogP) is 0.474. The molecule has 0 amide bonds. The highest BCUT2D eigenvalue weighted by Crippen LogP contribution is 2.10. The highest BCUT2D eigenvalue weighted by molar-refractivity contribution is 5.41. The lowest BCUT2D eigenvalue weighted by molar-refractivity contribution is 0.107. The van der Waals surface area contributed by atoms with Gasteiger partial charge < -0.3 is 20.5 Å². The number of para-hydroxylation sites is 1. The molecule has 0 bridgehead atoms. The average molecular weight is 334 g/mol. The first-order chi connectivity index (χ1) is 11.5. The minimum Gasteiger partial charge on any atom is -0.491 e. The molecule has 1 atom stereocenters. The van der Waals surface area contributed by atoms with Crippen molar-refractivity contribution in [2.75, 3.05) is 31.6 Å². The summed E-state index contributed by atoms with van der Waals surface area (Å²) in [4.78, 5) is 11.8. The summed E-state index contributed by atoms with van der Waals surface area (Å²) in [6.07, 6.45) is -0.576. The fourth-order valence-electron chi connectivity index (χ4n) is 2.42. The third-order valence-corrected chi connectivity index (χ3v) is 3.91. The molecule has 1 unspecified atom stereocenters. The van der Waals surface area contributed by atoms with Crippen LogP contribution in [0.25, 0.3) is 0 Å². The summed E-state index contributed by atoms with van der Waals surface area (Å²) in [5.74, 6) is 1.57. The van der Waals surface area contributed by atoms with Gasteiger partial charge >= 0.3 is 5.69 Å². The first-order valence-corrected chi connectivity index (χ1v) is 8.03. The van der Waals surface area contributed by atoms with E-state index in [0.29, 0.717) is 19.6 Å². The van der Waals surface area contributed by atoms with Crippen LogP contribution in [-0.4, -0.2) is 46.6 Å². The molecule has 24 heavy (non-hydrogen) atoms. The Hall–Kier alpha value is -2.25. The Bertz CT molecular complexity index is 694. The van der Waals surface area contributed by atoms with Gasteiger partial charge in [-0.15, -0.1) is 0 Å². The number of imidazole rings is 1. The van der Waals surface area contributed by atoms with Crippen LogP contribution in [0.5, 0.6) is 5.75 Å². The number of hydrogen-bond acceptors (Lipinski definition) is 5. The Morgan fingerprint density at radius 2 is 1.88 bits per heavy atom. The molecule has 2 aromatic rings. The molecule has 0 aliphatic carbocycles. The molecule has 0 radical (unpaired) electrons. The topological polar surface area (TPSA) is 80.4 Å². The Morgan fingerprint density at radius 3 is 2.50 bits per heavy atom. The van der Waals surface area contributed by atoms with Gasteiger partial charge in [0.15, 0.2) is 0 Å². The number of benzene rings is 1. The van der Waals surface area contributed by atoms with Crippen LogP contribution in [0.1, 0.15) is 5.69 Å². The molecule has 1 aromatic heterocycles. The quantitative estimate of drug-likeness (QED) is 0.581. The molecule has 3 N–H and O–H groups in total. The fraction of sp³-hybridized carbons (Fsp3) is 0.471. The number of rotatable bonds is 9. The number of nitrogens with one attached hydrogen (secondary N) is 2. The van der Waals surface area contributed by atoms with Crippen molar-refractivity contribution in [2.45, 2.75) is 13.0 Å². The van der Waals surface area contributed by atoms with Gasteiger partial charge in [0.1, 0.15) is 24.3 Å². The van der Waals surface area contributed by atoms with E-state index in [1.165, 1.54) is 0 Å². The van der Waals surface area contributed by atoms with Crippen molar-refractivity contribution in [3.63, 3.8) is 0 Å². The molecule has 7 heteroatoms. The number of ether oxygens (including phenoxy) is 1. The second-order valence-corrected chi connectivity index (χ2v) is 5.74.